The summed E-state index contributed by atoms with van der Waals surface area (Å²) in [6.45, 7) is 0. The first kappa shape index (κ1) is 14.7. The Morgan fingerprint density at radius 2 is 2.18 bits per heavy atom. The number of thiophene rings is 1. The van der Waals surface area contributed by atoms with Gasteiger partial charge < -0.3 is 9.52 Å². The molecule has 7 heteroatoms. The van der Waals surface area contributed by atoms with Crippen molar-refractivity contribution in [1.82, 2.24) is 4.98 Å². The Bertz CT molecular complexity index is 816. The van der Waals surface area contributed by atoms with E-state index in [9.17, 15) is 14.3 Å². The zero-order valence-corrected chi connectivity index (χ0v) is 12.6. The van der Waals surface area contributed by atoms with Crippen LogP contribution in [0.2, 0.25) is 4.34 Å². The number of aromatic nitrogens is 1. The standard InChI is InChI=1S/C15H9ClFNO3S/c16-13-4-3-12(22-13)9-5-8(1-2-10(9)17)14(15(19)20)11-6-21-7-18-11/h1-7,14H,(H,19,20). The SMILES string of the molecule is O=C(O)C(c1ccc(F)c(-c2ccc(Cl)s2)c1)c1cocn1. The van der Waals surface area contributed by atoms with Crippen LogP contribution in [0.15, 0.2) is 47.4 Å². The number of carbonyl (C=O) groups is 1. The first-order valence-corrected chi connectivity index (χ1v) is 7.42. The Balaban J connectivity index is 2.09. The van der Waals surface area contributed by atoms with Gasteiger partial charge in [-0.15, -0.1) is 11.3 Å². The number of rotatable bonds is 4. The van der Waals surface area contributed by atoms with Crippen molar-refractivity contribution in [3.05, 3.63) is 64.4 Å². The fraction of sp³-hybridized carbons (Fsp3) is 0.0667. The van der Waals surface area contributed by atoms with Crippen molar-refractivity contribution in [2.24, 2.45) is 0 Å². The molecule has 0 aliphatic carbocycles. The van der Waals surface area contributed by atoms with E-state index in [4.69, 9.17) is 16.0 Å². The van der Waals surface area contributed by atoms with Crippen LogP contribution < -0.4 is 0 Å². The average Bonchev–Trinajstić information content (AvgIpc) is 3.12. The number of nitrogens with zero attached hydrogens (tertiary/aromatic N) is 1. The quantitative estimate of drug-likeness (QED) is 0.765. The lowest BCUT2D eigenvalue weighted by Crippen LogP contribution is -2.13. The third kappa shape index (κ3) is 2.75. The molecule has 2 heterocycles. The van der Waals surface area contributed by atoms with Gasteiger partial charge in [0, 0.05) is 10.4 Å². The normalized spacial score (nSPS) is 12.3. The molecule has 1 unspecified atom stereocenters. The molecule has 112 valence electrons. The number of oxazole rings is 1. The molecule has 0 amide bonds. The third-order valence-corrected chi connectivity index (χ3v) is 4.42. The molecule has 22 heavy (non-hydrogen) atoms. The van der Waals surface area contributed by atoms with Gasteiger partial charge in [-0.25, -0.2) is 9.37 Å². The highest BCUT2D eigenvalue weighted by atomic mass is 35.5. The minimum Gasteiger partial charge on any atom is -0.480 e. The van der Waals surface area contributed by atoms with E-state index in [1.165, 1.54) is 35.8 Å². The minimum atomic E-state index is -1.09. The fourth-order valence-corrected chi connectivity index (χ4v) is 3.24. The zero-order valence-electron chi connectivity index (χ0n) is 11.0. The first-order chi connectivity index (χ1) is 10.6. The largest absolute Gasteiger partial charge is 0.480 e. The Morgan fingerprint density at radius 1 is 1.36 bits per heavy atom. The number of benzene rings is 1. The second-order valence-corrected chi connectivity index (χ2v) is 6.24. The summed E-state index contributed by atoms with van der Waals surface area (Å²) in [7, 11) is 0. The molecule has 1 N–H and O–H groups in total. The minimum absolute atomic E-state index is 0.259. The predicted molar refractivity (Wildman–Crippen MR) is 80.7 cm³/mol. The Kier molecular flexibility index (Phi) is 3.96. The maximum atomic E-state index is 14.1. The van der Waals surface area contributed by atoms with Gasteiger partial charge in [-0.1, -0.05) is 17.7 Å². The van der Waals surface area contributed by atoms with E-state index in [1.54, 1.807) is 12.1 Å². The summed E-state index contributed by atoms with van der Waals surface area (Å²) < 4.78 is 19.4. The fourth-order valence-electron chi connectivity index (χ4n) is 2.17. The van der Waals surface area contributed by atoms with Gasteiger partial charge in [0.1, 0.15) is 18.0 Å². The van der Waals surface area contributed by atoms with Crippen LogP contribution in [-0.4, -0.2) is 16.1 Å². The van der Waals surface area contributed by atoms with Crippen LogP contribution in [0.25, 0.3) is 10.4 Å². The van der Waals surface area contributed by atoms with E-state index in [-0.39, 0.29) is 5.69 Å². The van der Waals surface area contributed by atoms with Crippen LogP contribution in [0.1, 0.15) is 17.2 Å². The Hall–Kier alpha value is -2.18. The van der Waals surface area contributed by atoms with Crippen LogP contribution in [0.4, 0.5) is 4.39 Å². The van der Waals surface area contributed by atoms with Crippen molar-refractivity contribution in [3.8, 4) is 10.4 Å². The molecule has 0 spiro atoms. The van der Waals surface area contributed by atoms with Crippen LogP contribution >= 0.6 is 22.9 Å². The van der Waals surface area contributed by atoms with Crippen LogP contribution in [0.5, 0.6) is 0 Å². The van der Waals surface area contributed by atoms with Gasteiger partial charge in [-0.05, 0) is 29.8 Å². The van der Waals surface area contributed by atoms with Crippen molar-refractivity contribution < 1.29 is 18.7 Å². The molecular weight excluding hydrogens is 329 g/mol. The third-order valence-electron chi connectivity index (χ3n) is 3.16. The Morgan fingerprint density at radius 3 is 2.77 bits per heavy atom. The predicted octanol–water partition coefficient (Wildman–Crippen LogP) is 4.41. The zero-order chi connectivity index (χ0) is 15.7. The van der Waals surface area contributed by atoms with Crippen molar-refractivity contribution in [2.45, 2.75) is 5.92 Å². The highest BCUT2D eigenvalue weighted by Gasteiger charge is 2.26. The average molecular weight is 338 g/mol. The smallest absolute Gasteiger partial charge is 0.317 e. The van der Waals surface area contributed by atoms with Gasteiger partial charge in [-0.2, -0.15) is 0 Å². The molecular formula is C15H9ClFNO3S. The first-order valence-electron chi connectivity index (χ1n) is 6.22. The van der Waals surface area contributed by atoms with E-state index in [0.717, 1.165) is 6.39 Å². The van der Waals surface area contributed by atoms with E-state index in [1.807, 2.05) is 0 Å². The summed E-state index contributed by atoms with van der Waals surface area (Å²) in [5.74, 6) is -2.55. The molecule has 0 saturated heterocycles. The molecule has 0 aliphatic rings. The molecule has 0 bridgehead atoms. The molecule has 1 aromatic carbocycles. The molecule has 3 aromatic rings. The molecule has 0 fully saturated rings. The second kappa shape index (κ2) is 5.90. The number of carboxylic acids is 1. The van der Waals surface area contributed by atoms with Crippen LogP contribution in [0.3, 0.4) is 0 Å². The summed E-state index contributed by atoms with van der Waals surface area (Å²) in [5.41, 5.74) is 0.987. The summed E-state index contributed by atoms with van der Waals surface area (Å²) >= 11 is 7.10. The number of hydrogen-bond donors (Lipinski definition) is 1. The topological polar surface area (TPSA) is 63.3 Å². The summed E-state index contributed by atoms with van der Waals surface area (Å²) in [4.78, 5) is 16.1. The molecule has 0 aliphatic heterocycles. The molecule has 3 rings (SSSR count). The van der Waals surface area contributed by atoms with Gasteiger partial charge in [0.15, 0.2) is 6.39 Å². The summed E-state index contributed by atoms with van der Waals surface area (Å²) in [6.07, 6.45) is 2.43. The van der Waals surface area contributed by atoms with Crippen LogP contribution in [-0.2, 0) is 4.79 Å². The highest BCUT2D eigenvalue weighted by molar-refractivity contribution is 7.19. The van der Waals surface area contributed by atoms with Gasteiger partial charge in [0.05, 0.1) is 10.0 Å². The maximum Gasteiger partial charge on any atom is 0.317 e. The van der Waals surface area contributed by atoms with Crippen molar-refractivity contribution in [1.29, 1.82) is 0 Å². The van der Waals surface area contributed by atoms with E-state index < -0.39 is 17.7 Å². The molecule has 0 radical (unpaired) electrons. The second-order valence-electron chi connectivity index (χ2n) is 4.53. The van der Waals surface area contributed by atoms with Gasteiger partial charge >= 0.3 is 5.97 Å². The summed E-state index contributed by atoms with van der Waals surface area (Å²) in [6, 6.07) is 7.54. The van der Waals surface area contributed by atoms with Crippen LogP contribution in [0, 0.1) is 5.82 Å². The number of hydrogen-bond acceptors (Lipinski definition) is 4. The van der Waals surface area contributed by atoms with E-state index >= 15 is 0 Å². The molecule has 1 atom stereocenters. The number of aliphatic carboxylic acids is 1. The highest BCUT2D eigenvalue weighted by Crippen LogP contribution is 2.35. The molecule has 0 saturated carbocycles. The monoisotopic (exact) mass is 337 g/mol. The lowest BCUT2D eigenvalue weighted by Gasteiger charge is -2.11. The van der Waals surface area contributed by atoms with Gasteiger partial charge in [0.2, 0.25) is 0 Å². The van der Waals surface area contributed by atoms with E-state index in [2.05, 4.69) is 4.98 Å². The number of carboxylic acid groups (broad SMARTS) is 1. The van der Waals surface area contributed by atoms with Gasteiger partial charge in [-0.3, -0.25) is 4.79 Å². The maximum absolute atomic E-state index is 14.1. The van der Waals surface area contributed by atoms with Crippen molar-refractivity contribution >= 4 is 28.9 Å². The van der Waals surface area contributed by atoms with Crippen molar-refractivity contribution in [3.63, 3.8) is 0 Å². The molecule has 4 nitrogen and oxygen atoms in total. The van der Waals surface area contributed by atoms with E-state index in [0.29, 0.717) is 20.3 Å². The lowest BCUT2D eigenvalue weighted by atomic mass is 9.94. The Labute approximate surface area is 133 Å². The van der Waals surface area contributed by atoms with Gasteiger partial charge in [0.25, 0.3) is 0 Å². The lowest BCUT2D eigenvalue weighted by molar-refractivity contribution is -0.137. The molecule has 2 aromatic heterocycles. The van der Waals surface area contributed by atoms with Crippen molar-refractivity contribution in [2.75, 3.05) is 0 Å². The number of halogens is 2. The summed E-state index contributed by atoms with van der Waals surface area (Å²) in [5, 5.41) is 9.44.